The number of hydrogen-bond acceptors (Lipinski definition) is 3. The van der Waals surface area contributed by atoms with E-state index >= 15 is 0 Å². The molecule has 0 radical (unpaired) electrons. The van der Waals surface area contributed by atoms with Gasteiger partial charge in [0, 0.05) is 37.0 Å². The summed E-state index contributed by atoms with van der Waals surface area (Å²) in [4.78, 5) is 30.8. The molecule has 0 saturated heterocycles. The van der Waals surface area contributed by atoms with E-state index in [-0.39, 0.29) is 24.0 Å². The van der Waals surface area contributed by atoms with Gasteiger partial charge in [0.15, 0.2) is 0 Å². The number of rotatable bonds is 8. The maximum atomic E-state index is 13.6. The van der Waals surface area contributed by atoms with E-state index in [9.17, 15) is 14.0 Å². The first-order chi connectivity index (χ1) is 12.6. The summed E-state index contributed by atoms with van der Waals surface area (Å²) < 4.78 is 13.6. The second kappa shape index (κ2) is 9.65. The van der Waals surface area contributed by atoms with E-state index in [1.807, 2.05) is 13.8 Å². The molecule has 2 aromatic rings. The van der Waals surface area contributed by atoms with Crippen LogP contribution in [-0.2, 0) is 6.54 Å². The van der Waals surface area contributed by atoms with Gasteiger partial charge in [0.25, 0.3) is 11.8 Å². The molecule has 0 spiro atoms. The van der Waals surface area contributed by atoms with Gasteiger partial charge in [-0.1, -0.05) is 32.0 Å². The molecular formula is C20H24FN3O2. The fourth-order valence-electron chi connectivity index (χ4n) is 2.63. The molecule has 1 aromatic carbocycles. The van der Waals surface area contributed by atoms with Crippen molar-refractivity contribution >= 4 is 11.8 Å². The van der Waals surface area contributed by atoms with E-state index < -0.39 is 5.91 Å². The lowest BCUT2D eigenvalue weighted by atomic mass is 10.1. The number of aromatic nitrogens is 1. The van der Waals surface area contributed by atoms with Crippen molar-refractivity contribution < 1.29 is 14.0 Å². The number of carbonyl (C=O) groups excluding carboxylic acids is 2. The molecule has 1 aromatic heterocycles. The largest absolute Gasteiger partial charge is 0.347 e. The minimum Gasteiger partial charge on any atom is -0.347 e. The zero-order valence-electron chi connectivity index (χ0n) is 15.2. The average Bonchev–Trinajstić information content (AvgIpc) is 2.66. The van der Waals surface area contributed by atoms with Crippen LogP contribution in [0.1, 0.15) is 53.1 Å². The summed E-state index contributed by atoms with van der Waals surface area (Å²) in [5.74, 6) is -0.931. The van der Waals surface area contributed by atoms with Crippen LogP contribution in [0.15, 0.2) is 42.6 Å². The summed E-state index contributed by atoms with van der Waals surface area (Å²) in [7, 11) is 0. The summed E-state index contributed by atoms with van der Waals surface area (Å²) in [5, 5.41) is 2.64. The van der Waals surface area contributed by atoms with Crippen LogP contribution in [0.5, 0.6) is 0 Å². The Morgan fingerprint density at radius 3 is 2.46 bits per heavy atom. The van der Waals surface area contributed by atoms with Gasteiger partial charge in [-0.05, 0) is 31.0 Å². The average molecular weight is 357 g/mol. The molecular weight excluding hydrogens is 333 g/mol. The number of carbonyl (C=O) groups is 2. The van der Waals surface area contributed by atoms with E-state index in [1.54, 1.807) is 29.2 Å². The predicted octanol–water partition coefficient (Wildman–Crippen LogP) is 3.41. The van der Waals surface area contributed by atoms with E-state index in [0.29, 0.717) is 24.2 Å². The summed E-state index contributed by atoms with van der Waals surface area (Å²) >= 11 is 0. The second-order valence-corrected chi connectivity index (χ2v) is 6.00. The minimum atomic E-state index is -0.444. The molecule has 0 atom stereocenters. The molecule has 2 amide bonds. The van der Waals surface area contributed by atoms with E-state index in [2.05, 4.69) is 10.3 Å². The highest BCUT2D eigenvalue weighted by molar-refractivity contribution is 5.98. The molecule has 0 fully saturated rings. The van der Waals surface area contributed by atoms with E-state index in [1.165, 1.54) is 18.3 Å². The molecule has 0 bridgehead atoms. The van der Waals surface area contributed by atoms with Crippen molar-refractivity contribution in [2.75, 3.05) is 13.1 Å². The van der Waals surface area contributed by atoms with Crippen molar-refractivity contribution in [1.82, 2.24) is 15.2 Å². The van der Waals surface area contributed by atoms with Crippen LogP contribution in [0.2, 0.25) is 0 Å². The van der Waals surface area contributed by atoms with Gasteiger partial charge in [-0.2, -0.15) is 0 Å². The van der Waals surface area contributed by atoms with Crippen molar-refractivity contribution in [1.29, 1.82) is 0 Å². The molecule has 0 saturated carbocycles. The Hall–Kier alpha value is -2.76. The Morgan fingerprint density at radius 1 is 1.12 bits per heavy atom. The van der Waals surface area contributed by atoms with E-state index in [0.717, 1.165) is 12.8 Å². The molecule has 0 unspecified atom stereocenters. The topological polar surface area (TPSA) is 62.3 Å². The highest BCUT2D eigenvalue weighted by Gasteiger charge is 2.17. The molecule has 5 nitrogen and oxygen atoms in total. The molecule has 138 valence electrons. The quantitative estimate of drug-likeness (QED) is 0.787. The molecule has 6 heteroatoms. The normalized spacial score (nSPS) is 10.4. The van der Waals surface area contributed by atoms with Crippen LogP contribution in [0.25, 0.3) is 0 Å². The maximum absolute atomic E-state index is 13.6. The fourth-order valence-corrected chi connectivity index (χ4v) is 2.63. The molecule has 0 aliphatic carbocycles. The van der Waals surface area contributed by atoms with Crippen molar-refractivity contribution in [3.8, 4) is 0 Å². The minimum absolute atomic E-state index is 0.0587. The lowest BCUT2D eigenvalue weighted by Gasteiger charge is -2.21. The first kappa shape index (κ1) is 19.6. The van der Waals surface area contributed by atoms with Gasteiger partial charge < -0.3 is 10.2 Å². The Bertz CT molecular complexity index is 758. The number of amides is 2. The summed E-state index contributed by atoms with van der Waals surface area (Å²) in [6.07, 6.45) is 3.18. The summed E-state index contributed by atoms with van der Waals surface area (Å²) in [5.41, 5.74) is 0.961. The highest BCUT2D eigenvalue weighted by atomic mass is 19.1. The van der Waals surface area contributed by atoms with Gasteiger partial charge in [0.05, 0.1) is 0 Å². The van der Waals surface area contributed by atoms with Crippen LogP contribution in [-0.4, -0.2) is 34.8 Å². The van der Waals surface area contributed by atoms with Gasteiger partial charge in [0.1, 0.15) is 11.5 Å². The third-order valence-electron chi connectivity index (χ3n) is 3.91. The van der Waals surface area contributed by atoms with Gasteiger partial charge in [-0.15, -0.1) is 0 Å². The third kappa shape index (κ3) is 5.12. The standard InChI is InChI=1S/C20H24FN3O2/c1-3-11-24(12-4-2)20(26)15-9-10-22-18(13-15)19(25)23-14-16-7-5-6-8-17(16)21/h5-10,13H,3-4,11-12,14H2,1-2H3,(H,23,25). The first-order valence-corrected chi connectivity index (χ1v) is 8.83. The van der Waals surface area contributed by atoms with Crippen LogP contribution < -0.4 is 5.32 Å². The van der Waals surface area contributed by atoms with Crippen molar-refractivity contribution in [3.63, 3.8) is 0 Å². The molecule has 0 aliphatic heterocycles. The number of nitrogens with one attached hydrogen (secondary N) is 1. The lowest BCUT2D eigenvalue weighted by molar-refractivity contribution is 0.0755. The van der Waals surface area contributed by atoms with Crippen LogP contribution in [0.4, 0.5) is 4.39 Å². The molecule has 0 aliphatic rings. The number of nitrogens with zero attached hydrogens (tertiary/aromatic N) is 2. The Labute approximate surface area is 153 Å². The van der Waals surface area contributed by atoms with Gasteiger partial charge in [-0.25, -0.2) is 4.39 Å². The number of halogens is 1. The maximum Gasteiger partial charge on any atom is 0.270 e. The molecule has 26 heavy (non-hydrogen) atoms. The fraction of sp³-hybridized carbons (Fsp3) is 0.350. The number of benzene rings is 1. The van der Waals surface area contributed by atoms with Crippen LogP contribution >= 0.6 is 0 Å². The number of pyridine rings is 1. The molecule has 1 N–H and O–H groups in total. The van der Waals surface area contributed by atoms with Crippen LogP contribution in [0.3, 0.4) is 0 Å². The smallest absolute Gasteiger partial charge is 0.270 e. The lowest BCUT2D eigenvalue weighted by Crippen LogP contribution is -2.33. The van der Waals surface area contributed by atoms with Crippen LogP contribution in [0, 0.1) is 5.82 Å². The Balaban J connectivity index is 2.08. The van der Waals surface area contributed by atoms with Crippen molar-refractivity contribution in [2.45, 2.75) is 33.2 Å². The molecule has 2 rings (SSSR count). The Morgan fingerprint density at radius 2 is 1.81 bits per heavy atom. The number of hydrogen-bond donors (Lipinski definition) is 1. The summed E-state index contributed by atoms with van der Waals surface area (Å²) in [6, 6.07) is 9.34. The van der Waals surface area contributed by atoms with Crippen molar-refractivity contribution in [3.05, 3.63) is 65.2 Å². The highest BCUT2D eigenvalue weighted by Crippen LogP contribution is 2.09. The SMILES string of the molecule is CCCN(CCC)C(=O)c1ccnc(C(=O)NCc2ccccc2F)c1. The summed E-state index contributed by atoms with van der Waals surface area (Å²) in [6.45, 7) is 5.44. The van der Waals surface area contributed by atoms with Gasteiger partial charge in [-0.3, -0.25) is 14.6 Å². The van der Waals surface area contributed by atoms with Crippen molar-refractivity contribution in [2.24, 2.45) is 0 Å². The zero-order chi connectivity index (χ0) is 18.9. The van der Waals surface area contributed by atoms with Gasteiger partial charge in [0.2, 0.25) is 0 Å². The predicted molar refractivity (Wildman–Crippen MR) is 98.3 cm³/mol. The zero-order valence-corrected chi connectivity index (χ0v) is 15.2. The van der Waals surface area contributed by atoms with Gasteiger partial charge >= 0.3 is 0 Å². The second-order valence-electron chi connectivity index (χ2n) is 6.00. The third-order valence-corrected chi connectivity index (χ3v) is 3.91. The first-order valence-electron chi connectivity index (χ1n) is 8.83. The molecule has 1 heterocycles. The van der Waals surface area contributed by atoms with E-state index in [4.69, 9.17) is 0 Å². The Kier molecular flexibility index (Phi) is 7.26. The monoisotopic (exact) mass is 357 g/mol.